The van der Waals surface area contributed by atoms with Gasteiger partial charge < -0.3 is 23.7 Å². The standard InChI is InChI=1S/C23H29FO7S3/c1-14(25)30-7-5-8-31-17(22(26)29-4)13-23(32-9-6-10-33-23)19-11-15-18(34-19)12-16(27-2)21(28-3)20(15)24/h11-12,17H,5-10,13H2,1-4H3/t17-/m0/s1. The number of thioether (sulfide) groups is 2. The molecule has 1 fully saturated rings. The Morgan fingerprint density at radius 3 is 2.47 bits per heavy atom. The maximum atomic E-state index is 15.2. The van der Waals surface area contributed by atoms with Crippen LogP contribution >= 0.6 is 34.9 Å². The van der Waals surface area contributed by atoms with Crippen LogP contribution in [0.25, 0.3) is 10.1 Å². The lowest BCUT2D eigenvalue weighted by molar-refractivity contribution is -0.155. The van der Waals surface area contributed by atoms with E-state index in [1.807, 2.05) is 6.07 Å². The van der Waals surface area contributed by atoms with Gasteiger partial charge in [-0.05, 0) is 24.0 Å². The minimum absolute atomic E-state index is 0.0703. The third kappa shape index (κ3) is 6.10. The van der Waals surface area contributed by atoms with E-state index in [0.717, 1.165) is 27.5 Å². The third-order valence-corrected chi connectivity index (χ3v) is 10.2. The van der Waals surface area contributed by atoms with E-state index in [9.17, 15) is 9.59 Å². The lowest BCUT2D eigenvalue weighted by Gasteiger charge is -2.37. The first kappa shape index (κ1) is 26.9. The summed E-state index contributed by atoms with van der Waals surface area (Å²) in [6, 6.07) is 3.62. The number of methoxy groups -OCH3 is 3. The van der Waals surface area contributed by atoms with Gasteiger partial charge in [-0.15, -0.1) is 34.9 Å². The number of hydrogen-bond donors (Lipinski definition) is 0. The Kier molecular flexibility index (Phi) is 9.75. The maximum absolute atomic E-state index is 15.2. The van der Waals surface area contributed by atoms with Gasteiger partial charge in [-0.3, -0.25) is 4.79 Å². The third-order valence-electron chi connectivity index (χ3n) is 5.27. The fourth-order valence-electron chi connectivity index (χ4n) is 3.65. The summed E-state index contributed by atoms with van der Waals surface area (Å²) < 4.78 is 41.8. The normalized spacial score (nSPS) is 16.1. The minimum atomic E-state index is -0.806. The van der Waals surface area contributed by atoms with Gasteiger partial charge in [0.1, 0.15) is 0 Å². The van der Waals surface area contributed by atoms with Crippen LogP contribution < -0.4 is 9.47 Å². The van der Waals surface area contributed by atoms with E-state index >= 15 is 4.39 Å². The Hall–Kier alpha value is -1.69. The predicted molar refractivity (Wildman–Crippen MR) is 134 cm³/mol. The molecule has 11 heteroatoms. The first-order chi connectivity index (χ1) is 16.3. The molecule has 188 valence electrons. The molecule has 1 atom stereocenters. The van der Waals surface area contributed by atoms with Crippen molar-refractivity contribution < 1.29 is 37.7 Å². The van der Waals surface area contributed by atoms with Gasteiger partial charge in [-0.1, -0.05) is 0 Å². The van der Waals surface area contributed by atoms with E-state index in [2.05, 4.69) is 0 Å². The highest BCUT2D eigenvalue weighted by Gasteiger charge is 2.42. The summed E-state index contributed by atoms with van der Waals surface area (Å²) in [5.74, 6) is 0.945. The fourth-order valence-corrected chi connectivity index (χ4v) is 8.52. The van der Waals surface area contributed by atoms with Crippen LogP contribution in [-0.4, -0.2) is 64.1 Å². The number of benzene rings is 1. The highest BCUT2D eigenvalue weighted by molar-refractivity contribution is 8.18. The van der Waals surface area contributed by atoms with Gasteiger partial charge in [0, 0.05) is 40.8 Å². The number of halogens is 1. The van der Waals surface area contributed by atoms with Crippen LogP contribution in [0.1, 0.15) is 31.1 Å². The first-order valence-corrected chi connectivity index (χ1v) is 13.6. The Morgan fingerprint density at radius 2 is 1.85 bits per heavy atom. The summed E-state index contributed by atoms with van der Waals surface area (Å²) in [6.45, 7) is 1.81. The van der Waals surface area contributed by atoms with Crippen LogP contribution in [-0.2, 0) is 27.9 Å². The molecular formula is C23H29FO7S3. The van der Waals surface area contributed by atoms with Gasteiger partial charge in [0.2, 0.25) is 0 Å². The van der Waals surface area contributed by atoms with Gasteiger partial charge in [0.05, 0.1) is 38.6 Å². The van der Waals surface area contributed by atoms with Crippen molar-refractivity contribution in [2.45, 2.75) is 36.4 Å². The van der Waals surface area contributed by atoms with Crippen LogP contribution in [0.5, 0.6) is 11.5 Å². The van der Waals surface area contributed by atoms with Crippen LogP contribution in [0.3, 0.4) is 0 Å². The second kappa shape index (κ2) is 12.3. The smallest absolute Gasteiger partial charge is 0.335 e. The van der Waals surface area contributed by atoms with Crippen LogP contribution in [0.15, 0.2) is 12.1 Å². The molecule has 7 nitrogen and oxygen atoms in total. The molecular weight excluding hydrogens is 503 g/mol. The molecule has 1 saturated heterocycles. The van der Waals surface area contributed by atoms with Gasteiger partial charge in [-0.25, -0.2) is 9.18 Å². The molecule has 0 radical (unpaired) electrons. The van der Waals surface area contributed by atoms with E-state index in [4.69, 9.17) is 23.7 Å². The van der Waals surface area contributed by atoms with Gasteiger partial charge in [0.25, 0.3) is 0 Å². The highest BCUT2D eigenvalue weighted by Crippen LogP contribution is 2.57. The molecule has 1 aromatic heterocycles. The van der Waals surface area contributed by atoms with E-state index in [-0.39, 0.29) is 24.9 Å². The van der Waals surface area contributed by atoms with Crippen molar-refractivity contribution in [3.63, 3.8) is 0 Å². The second-order valence-electron chi connectivity index (χ2n) is 7.53. The summed E-state index contributed by atoms with van der Waals surface area (Å²) in [5, 5.41) is 0.459. The number of ether oxygens (including phenoxy) is 5. The van der Waals surface area contributed by atoms with Gasteiger partial charge in [-0.2, -0.15) is 0 Å². The van der Waals surface area contributed by atoms with E-state index in [1.54, 1.807) is 29.6 Å². The van der Waals surface area contributed by atoms with E-state index in [0.29, 0.717) is 24.0 Å². The predicted octanol–water partition coefficient (Wildman–Crippen LogP) is 4.98. The molecule has 2 aromatic rings. The summed E-state index contributed by atoms with van der Waals surface area (Å²) in [7, 11) is 4.22. The number of carbonyl (C=O) groups is 2. The van der Waals surface area contributed by atoms with Crippen molar-refractivity contribution in [1.82, 2.24) is 0 Å². The highest BCUT2D eigenvalue weighted by atomic mass is 32.2. The SMILES string of the molecule is COC(=O)[C@H](CC1(c2cc3c(F)c(OC)c(OC)cc3s2)SCCCS1)OCCCOC(C)=O. The zero-order valence-electron chi connectivity index (χ0n) is 19.6. The monoisotopic (exact) mass is 532 g/mol. The van der Waals surface area contributed by atoms with Crippen molar-refractivity contribution in [2.24, 2.45) is 0 Å². The van der Waals surface area contributed by atoms with Crippen molar-refractivity contribution >= 4 is 56.9 Å². The quantitative estimate of drug-likeness (QED) is 0.294. The Morgan fingerprint density at radius 1 is 1.12 bits per heavy atom. The average molecular weight is 533 g/mol. The Labute approximate surface area is 211 Å². The zero-order valence-corrected chi connectivity index (χ0v) is 22.1. The van der Waals surface area contributed by atoms with Crippen LogP contribution in [0, 0.1) is 5.82 Å². The number of esters is 2. The molecule has 3 rings (SSSR count). The zero-order chi connectivity index (χ0) is 24.7. The largest absolute Gasteiger partial charge is 0.493 e. The molecule has 1 aliphatic heterocycles. The summed E-state index contributed by atoms with van der Waals surface area (Å²) >= 11 is 4.96. The molecule has 0 spiro atoms. The average Bonchev–Trinajstić information content (AvgIpc) is 3.28. The van der Waals surface area contributed by atoms with Crippen molar-refractivity contribution in [3.05, 3.63) is 22.8 Å². The first-order valence-electron chi connectivity index (χ1n) is 10.8. The summed E-state index contributed by atoms with van der Waals surface area (Å²) in [6.07, 6.45) is 1.07. The summed E-state index contributed by atoms with van der Waals surface area (Å²) in [5.41, 5.74) is 0. The number of rotatable bonds is 11. The minimum Gasteiger partial charge on any atom is -0.493 e. The van der Waals surface area contributed by atoms with Crippen LogP contribution in [0.2, 0.25) is 0 Å². The van der Waals surface area contributed by atoms with Crippen molar-refractivity contribution in [3.8, 4) is 11.5 Å². The van der Waals surface area contributed by atoms with Gasteiger partial charge in [0.15, 0.2) is 23.4 Å². The molecule has 0 amide bonds. The van der Waals surface area contributed by atoms with E-state index < -0.39 is 22.0 Å². The van der Waals surface area contributed by atoms with Gasteiger partial charge >= 0.3 is 11.9 Å². The molecule has 0 aliphatic carbocycles. The fraction of sp³-hybridized carbons (Fsp3) is 0.565. The molecule has 0 unspecified atom stereocenters. The van der Waals surface area contributed by atoms with Crippen molar-refractivity contribution in [1.29, 1.82) is 0 Å². The molecule has 1 aliphatic rings. The molecule has 0 N–H and O–H groups in total. The number of thiophene rings is 1. The maximum Gasteiger partial charge on any atom is 0.335 e. The van der Waals surface area contributed by atoms with E-state index in [1.165, 1.54) is 39.6 Å². The molecule has 0 bridgehead atoms. The Balaban J connectivity index is 1.90. The second-order valence-corrected chi connectivity index (χ2v) is 11.7. The molecule has 34 heavy (non-hydrogen) atoms. The van der Waals surface area contributed by atoms with Crippen molar-refractivity contribution in [2.75, 3.05) is 46.0 Å². The lowest BCUT2D eigenvalue weighted by atomic mass is 10.1. The summed E-state index contributed by atoms with van der Waals surface area (Å²) in [4.78, 5) is 24.5. The number of hydrogen-bond acceptors (Lipinski definition) is 10. The molecule has 1 aromatic carbocycles. The van der Waals surface area contributed by atoms with Crippen LogP contribution in [0.4, 0.5) is 4.39 Å². The number of carbonyl (C=O) groups excluding carboxylic acids is 2. The topological polar surface area (TPSA) is 80.3 Å². The Bertz CT molecular complexity index is 1000. The molecule has 0 saturated carbocycles. The number of fused-ring (bicyclic) bond motifs is 1. The molecule has 2 heterocycles. The lowest BCUT2D eigenvalue weighted by Crippen LogP contribution is -2.35.